The number of nitriles is 1. The van der Waals surface area contributed by atoms with Gasteiger partial charge in [0, 0.05) is 31.4 Å². The first kappa shape index (κ1) is 13.4. The lowest BCUT2D eigenvalue weighted by Crippen LogP contribution is -2.37. The molecule has 4 nitrogen and oxygen atoms in total. The molecular formula is C16H22N4. The molecule has 4 heteroatoms. The number of hydrogen-bond acceptors (Lipinski definition) is 4. The van der Waals surface area contributed by atoms with Crippen LogP contribution in [0.5, 0.6) is 0 Å². The molecule has 1 unspecified atom stereocenters. The Morgan fingerprint density at radius 1 is 1.25 bits per heavy atom. The molecule has 2 saturated heterocycles. The molecular weight excluding hydrogens is 248 g/mol. The second-order valence-corrected chi connectivity index (χ2v) is 5.99. The van der Waals surface area contributed by atoms with Crippen molar-refractivity contribution in [1.29, 1.82) is 5.26 Å². The van der Waals surface area contributed by atoms with Gasteiger partial charge in [0.05, 0.1) is 16.9 Å². The molecule has 2 fully saturated rings. The second-order valence-electron chi connectivity index (χ2n) is 5.99. The molecule has 1 aromatic rings. The van der Waals surface area contributed by atoms with Crippen LogP contribution in [0.15, 0.2) is 6.07 Å². The summed E-state index contributed by atoms with van der Waals surface area (Å²) in [5.41, 5.74) is 3.70. The summed E-state index contributed by atoms with van der Waals surface area (Å²) in [5.74, 6) is 0. The third-order valence-electron chi connectivity index (χ3n) is 4.56. The zero-order chi connectivity index (χ0) is 14.1. The predicted octanol–water partition coefficient (Wildman–Crippen LogP) is 2.24. The lowest BCUT2D eigenvalue weighted by Gasteiger charge is -2.28. The minimum Gasteiger partial charge on any atom is -0.369 e. The van der Waals surface area contributed by atoms with Crippen molar-refractivity contribution < 1.29 is 0 Å². The Bertz CT molecular complexity index is 546. The molecule has 1 atom stereocenters. The van der Waals surface area contributed by atoms with Crippen LogP contribution >= 0.6 is 0 Å². The Kier molecular flexibility index (Phi) is 3.62. The zero-order valence-corrected chi connectivity index (χ0v) is 12.4. The van der Waals surface area contributed by atoms with E-state index in [0.717, 1.165) is 35.7 Å². The van der Waals surface area contributed by atoms with E-state index in [1.165, 1.54) is 32.4 Å². The highest BCUT2D eigenvalue weighted by molar-refractivity contribution is 5.61. The van der Waals surface area contributed by atoms with E-state index in [1.54, 1.807) is 0 Å². The summed E-state index contributed by atoms with van der Waals surface area (Å²) in [6.45, 7) is 8.50. The maximum absolute atomic E-state index is 9.45. The Morgan fingerprint density at radius 3 is 2.85 bits per heavy atom. The van der Waals surface area contributed by atoms with Crippen molar-refractivity contribution >= 4 is 5.69 Å². The number of rotatable bonds is 1. The first-order valence-electron chi connectivity index (χ1n) is 7.56. The molecule has 0 aliphatic carbocycles. The van der Waals surface area contributed by atoms with Crippen LogP contribution in [0.4, 0.5) is 5.69 Å². The van der Waals surface area contributed by atoms with Crippen LogP contribution in [0.1, 0.15) is 36.2 Å². The quantitative estimate of drug-likeness (QED) is 0.785. The van der Waals surface area contributed by atoms with Gasteiger partial charge in [0.15, 0.2) is 0 Å². The van der Waals surface area contributed by atoms with Gasteiger partial charge in [-0.25, -0.2) is 0 Å². The van der Waals surface area contributed by atoms with E-state index in [0.29, 0.717) is 6.04 Å². The van der Waals surface area contributed by atoms with E-state index in [-0.39, 0.29) is 0 Å². The van der Waals surface area contributed by atoms with Crippen LogP contribution in [0.2, 0.25) is 0 Å². The number of aryl methyl sites for hydroxylation is 2. The lowest BCUT2D eigenvalue weighted by atomic mass is 10.1. The minimum absolute atomic E-state index is 0.665. The number of pyridine rings is 1. The molecule has 1 aromatic heterocycles. The Labute approximate surface area is 121 Å². The standard InChI is InChI=1S/C16H22N4/c1-12-9-16(15(10-17)13(2)18-12)20-8-4-7-19-6-3-5-14(19)11-20/h9,14H,3-8,11H2,1-2H3. The monoisotopic (exact) mass is 270 g/mol. The molecule has 3 rings (SSSR count). The van der Waals surface area contributed by atoms with Gasteiger partial charge in [-0.3, -0.25) is 9.88 Å². The molecule has 0 spiro atoms. The van der Waals surface area contributed by atoms with Crippen LogP contribution in [0, 0.1) is 25.2 Å². The van der Waals surface area contributed by atoms with E-state index >= 15 is 0 Å². The van der Waals surface area contributed by atoms with E-state index in [1.807, 2.05) is 13.8 Å². The van der Waals surface area contributed by atoms with Gasteiger partial charge in [0.1, 0.15) is 6.07 Å². The Balaban J connectivity index is 1.94. The summed E-state index contributed by atoms with van der Waals surface area (Å²) < 4.78 is 0. The summed E-state index contributed by atoms with van der Waals surface area (Å²) in [4.78, 5) is 9.46. The van der Waals surface area contributed by atoms with Gasteiger partial charge in [-0.15, -0.1) is 0 Å². The third kappa shape index (κ3) is 2.38. The molecule has 106 valence electrons. The number of aromatic nitrogens is 1. The molecule has 0 N–H and O–H groups in total. The molecule has 0 radical (unpaired) electrons. The molecule has 0 bridgehead atoms. The van der Waals surface area contributed by atoms with Crippen LogP contribution in [0.25, 0.3) is 0 Å². The first-order chi connectivity index (χ1) is 9.69. The lowest BCUT2D eigenvalue weighted by molar-refractivity contribution is 0.273. The van der Waals surface area contributed by atoms with Crippen LogP contribution < -0.4 is 4.90 Å². The highest BCUT2D eigenvalue weighted by Gasteiger charge is 2.29. The van der Waals surface area contributed by atoms with Gasteiger partial charge < -0.3 is 4.90 Å². The summed E-state index contributed by atoms with van der Waals surface area (Å²) in [7, 11) is 0. The van der Waals surface area contributed by atoms with Gasteiger partial charge in [-0.05, 0) is 45.7 Å². The number of fused-ring (bicyclic) bond motifs is 1. The maximum Gasteiger partial charge on any atom is 0.103 e. The summed E-state index contributed by atoms with van der Waals surface area (Å²) in [6, 6.07) is 5.09. The second kappa shape index (κ2) is 5.41. The fraction of sp³-hybridized carbons (Fsp3) is 0.625. The minimum atomic E-state index is 0.665. The fourth-order valence-electron chi connectivity index (χ4n) is 3.62. The van der Waals surface area contributed by atoms with E-state index in [9.17, 15) is 5.26 Å². The van der Waals surface area contributed by atoms with E-state index in [2.05, 4.69) is 26.9 Å². The summed E-state index contributed by atoms with van der Waals surface area (Å²) >= 11 is 0. The van der Waals surface area contributed by atoms with Gasteiger partial charge >= 0.3 is 0 Å². The van der Waals surface area contributed by atoms with Crippen molar-refractivity contribution in [3.05, 3.63) is 23.0 Å². The maximum atomic E-state index is 9.45. The molecule has 0 aromatic carbocycles. The molecule has 3 heterocycles. The smallest absolute Gasteiger partial charge is 0.103 e. The molecule has 2 aliphatic rings. The van der Waals surface area contributed by atoms with Gasteiger partial charge in [-0.2, -0.15) is 5.26 Å². The van der Waals surface area contributed by atoms with Crippen molar-refractivity contribution in [1.82, 2.24) is 9.88 Å². The molecule has 20 heavy (non-hydrogen) atoms. The SMILES string of the molecule is Cc1cc(N2CCCN3CCCC3C2)c(C#N)c(C)n1. The number of hydrogen-bond donors (Lipinski definition) is 0. The van der Waals surface area contributed by atoms with Crippen molar-refractivity contribution in [3.8, 4) is 6.07 Å². The van der Waals surface area contributed by atoms with Gasteiger partial charge in [-0.1, -0.05) is 0 Å². The van der Waals surface area contributed by atoms with Crippen molar-refractivity contribution in [3.63, 3.8) is 0 Å². The fourth-order valence-corrected chi connectivity index (χ4v) is 3.62. The van der Waals surface area contributed by atoms with Crippen molar-refractivity contribution in [2.24, 2.45) is 0 Å². The number of anilines is 1. The first-order valence-corrected chi connectivity index (χ1v) is 7.56. The zero-order valence-electron chi connectivity index (χ0n) is 12.4. The van der Waals surface area contributed by atoms with Crippen LogP contribution in [-0.2, 0) is 0 Å². The highest BCUT2D eigenvalue weighted by Crippen LogP contribution is 2.28. The third-order valence-corrected chi connectivity index (χ3v) is 4.56. The van der Waals surface area contributed by atoms with Gasteiger partial charge in [0.2, 0.25) is 0 Å². The van der Waals surface area contributed by atoms with Crippen LogP contribution in [0.3, 0.4) is 0 Å². The summed E-state index contributed by atoms with van der Waals surface area (Å²) in [6.07, 6.45) is 3.79. The average Bonchev–Trinajstić information content (AvgIpc) is 2.75. The normalized spacial score (nSPS) is 23.2. The summed E-state index contributed by atoms with van der Waals surface area (Å²) in [5, 5.41) is 9.45. The highest BCUT2D eigenvalue weighted by atomic mass is 15.3. The average molecular weight is 270 g/mol. The van der Waals surface area contributed by atoms with Crippen LogP contribution in [-0.4, -0.2) is 42.1 Å². The molecule has 0 amide bonds. The molecule has 0 saturated carbocycles. The predicted molar refractivity (Wildman–Crippen MR) is 79.9 cm³/mol. The van der Waals surface area contributed by atoms with E-state index < -0.39 is 0 Å². The van der Waals surface area contributed by atoms with Crippen molar-refractivity contribution in [2.45, 2.75) is 39.2 Å². The van der Waals surface area contributed by atoms with Crippen molar-refractivity contribution in [2.75, 3.05) is 31.1 Å². The molecule has 2 aliphatic heterocycles. The topological polar surface area (TPSA) is 43.2 Å². The Hall–Kier alpha value is -1.60. The van der Waals surface area contributed by atoms with Gasteiger partial charge in [0.25, 0.3) is 0 Å². The number of nitrogens with zero attached hydrogens (tertiary/aromatic N) is 4. The largest absolute Gasteiger partial charge is 0.369 e. The Morgan fingerprint density at radius 2 is 2.05 bits per heavy atom. The van der Waals surface area contributed by atoms with E-state index in [4.69, 9.17) is 0 Å².